The van der Waals surface area contributed by atoms with Gasteiger partial charge in [0.1, 0.15) is 13.5 Å². The smallest absolute Gasteiger partial charge is 0.356 e. The fourth-order valence-corrected chi connectivity index (χ4v) is 0.785. The molecule has 0 amide bonds. The number of rotatable bonds is 1. The number of ether oxygens (including phenoxy) is 1. The van der Waals surface area contributed by atoms with Crippen molar-refractivity contribution in [1.29, 1.82) is 0 Å². The highest BCUT2D eigenvalue weighted by atomic mass is 16.5. The SMILES string of the molecule is [B]c1cc(C(=O)OC)n(C)n1. The van der Waals surface area contributed by atoms with E-state index in [1.54, 1.807) is 7.05 Å². The predicted octanol–water partition coefficient (Wildman–Crippen LogP) is -1.000. The molecule has 1 aromatic heterocycles. The number of methoxy groups -OCH3 is 1. The average molecular weight is 150 g/mol. The number of aromatic nitrogens is 2. The lowest BCUT2D eigenvalue weighted by Gasteiger charge is -1.96. The molecule has 0 saturated carbocycles. The van der Waals surface area contributed by atoms with E-state index in [0.29, 0.717) is 11.3 Å². The Labute approximate surface area is 65.6 Å². The second kappa shape index (κ2) is 2.78. The Hall–Kier alpha value is -1.26. The van der Waals surface area contributed by atoms with Gasteiger partial charge < -0.3 is 4.74 Å². The van der Waals surface area contributed by atoms with Crippen molar-refractivity contribution in [1.82, 2.24) is 9.78 Å². The molecule has 0 atom stereocenters. The van der Waals surface area contributed by atoms with Crippen LogP contribution in [0.15, 0.2) is 6.07 Å². The molecule has 56 valence electrons. The van der Waals surface area contributed by atoms with Gasteiger partial charge in [-0.05, 0) is 6.07 Å². The first-order valence-corrected chi connectivity index (χ1v) is 3.03. The van der Waals surface area contributed by atoms with Gasteiger partial charge in [0.05, 0.1) is 7.11 Å². The van der Waals surface area contributed by atoms with Crippen molar-refractivity contribution >= 4 is 19.4 Å². The first-order chi connectivity index (χ1) is 5.15. The van der Waals surface area contributed by atoms with Crippen LogP contribution in [0.5, 0.6) is 0 Å². The molecule has 2 radical (unpaired) electrons. The van der Waals surface area contributed by atoms with Crippen molar-refractivity contribution in [3.05, 3.63) is 11.8 Å². The summed E-state index contributed by atoms with van der Waals surface area (Å²) in [5, 5.41) is 3.77. The summed E-state index contributed by atoms with van der Waals surface area (Å²) >= 11 is 0. The normalized spacial score (nSPS) is 9.64. The second-order valence-electron chi connectivity index (χ2n) is 2.07. The zero-order valence-corrected chi connectivity index (χ0v) is 6.37. The van der Waals surface area contributed by atoms with Crippen molar-refractivity contribution < 1.29 is 9.53 Å². The predicted molar refractivity (Wildman–Crippen MR) is 39.9 cm³/mol. The first kappa shape index (κ1) is 7.85. The number of aryl methyl sites for hydroxylation is 1. The van der Waals surface area contributed by atoms with Gasteiger partial charge in [0, 0.05) is 12.6 Å². The molecule has 0 aliphatic carbocycles. The molecule has 0 spiro atoms. The Morgan fingerprint density at radius 2 is 2.45 bits per heavy atom. The molecule has 4 nitrogen and oxygen atoms in total. The van der Waals surface area contributed by atoms with E-state index in [9.17, 15) is 4.79 Å². The molecule has 1 rings (SSSR count). The van der Waals surface area contributed by atoms with Crippen molar-refractivity contribution in [2.24, 2.45) is 7.05 Å². The summed E-state index contributed by atoms with van der Waals surface area (Å²) in [5.41, 5.74) is 0.665. The number of esters is 1. The highest BCUT2D eigenvalue weighted by Crippen LogP contribution is 1.95. The van der Waals surface area contributed by atoms with Crippen molar-refractivity contribution in [2.75, 3.05) is 7.11 Å². The third-order valence-corrected chi connectivity index (χ3v) is 1.29. The minimum atomic E-state index is -0.434. The Kier molecular flexibility index (Phi) is 1.98. The first-order valence-electron chi connectivity index (χ1n) is 3.03. The van der Waals surface area contributed by atoms with E-state index in [-0.39, 0.29) is 0 Å². The van der Waals surface area contributed by atoms with Crippen molar-refractivity contribution in [3.8, 4) is 0 Å². The van der Waals surface area contributed by atoms with E-state index < -0.39 is 5.97 Å². The lowest BCUT2D eigenvalue weighted by Crippen LogP contribution is -2.08. The number of nitrogens with zero attached hydrogens (tertiary/aromatic N) is 2. The molecule has 0 unspecified atom stereocenters. The van der Waals surface area contributed by atoms with Gasteiger partial charge in [-0.3, -0.25) is 4.68 Å². The van der Waals surface area contributed by atoms with Crippen LogP contribution >= 0.6 is 0 Å². The summed E-state index contributed by atoms with van der Waals surface area (Å²) in [6.07, 6.45) is 0. The summed E-state index contributed by atoms with van der Waals surface area (Å²) < 4.78 is 5.85. The highest BCUT2D eigenvalue weighted by Gasteiger charge is 2.10. The fourth-order valence-electron chi connectivity index (χ4n) is 0.785. The summed E-state index contributed by atoms with van der Waals surface area (Å²) in [4.78, 5) is 10.9. The molecule has 0 fully saturated rings. The summed E-state index contributed by atoms with van der Waals surface area (Å²) in [6.45, 7) is 0. The van der Waals surface area contributed by atoms with Gasteiger partial charge in [-0.15, -0.1) is 0 Å². The Morgan fingerprint density at radius 3 is 2.82 bits per heavy atom. The standard InChI is InChI=1S/C6H7BN2O2/c1-9-4(6(10)11-2)3-5(7)8-9/h3H,1-2H3. The zero-order chi connectivity index (χ0) is 8.43. The molecule has 0 N–H and O–H groups in total. The summed E-state index contributed by atoms with van der Waals surface area (Å²) in [6, 6.07) is 1.46. The molecule has 5 heteroatoms. The molecule has 0 saturated heterocycles. The van der Waals surface area contributed by atoms with Crippen LogP contribution < -0.4 is 5.59 Å². The third kappa shape index (κ3) is 1.42. The number of carbonyl (C=O) groups is 1. The lowest BCUT2D eigenvalue weighted by molar-refractivity contribution is 0.0588. The molecule has 0 aromatic carbocycles. The molecular formula is C6H7BN2O2. The van der Waals surface area contributed by atoms with Crippen LogP contribution in [0, 0.1) is 0 Å². The highest BCUT2D eigenvalue weighted by molar-refractivity contribution is 6.31. The van der Waals surface area contributed by atoms with Gasteiger partial charge in [0.2, 0.25) is 0 Å². The Balaban J connectivity index is 3.03. The largest absolute Gasteiger partial charge is 0.464 e. The number of hydrogen-bond donors (Lipinski definition) is 0. The van der Waals surface area contributed by atoms with Gasteiger partial charge in [0.25, 0.3) is 0 Å². The Morgan fingerprint density at radius 1 is 1.82 bits per heavy atom. The molecule has 1 heterocycles. The van der Waals surface area contributed by atoms with Crippen LogP contribution in [-0.2, 0) is 11.8 Å². The molecule has 1 aromatic rings. The molecular weight excluding hydrogens is 143 g/mol. The second-order valence-corrected chi connectivity index (χ2v) is 2.07. The number of carbonyl (C=O) groups excluding carboxylic acids is 1. The van der Waals surface area contributed by atoms with Crippen LogP contribution in [0.1, 0.15) is 10.5 Å². The van der Waals surface area contributed by atoms with E-state index in [4.69, 9.17) is 7.85 Å². The van der Waals surface area contributed by atoms with Gasteiger partial charge >= 0.3 is 5.97 Å². The third-order valence-electron chi connectivity index (χ3n) is 1.29. The number of hydrogen-bond acceptors (Lipinski definition) is 3. The maximum atomic E-state index is 10.9. The van der Waals surface area contributed by atoms with Gasteiger partial charge in [-0.2, -0.15) is 5.10 Å². The maximum Gasteiger partial charge on any atom is 0.356 e. The van der Waals surface area contributed by atoms with Crippen LogP contribution in [0.25, 0.3) is 0 Å². The van der Waals surface area contributed by atoms with E-state index >= 15 is 0 Å². The van der Waals surface area contributed by atoms with Crippen molar-refractivity contribution in [2.45, 2.75) is 0 Å². The molecule has 11 heavy (non-hydrogen) atoms. The van der Waals surface area contributed by atoms with E-state index in [2.05, 4.69) is 9.84 Å². The maximum absolute atomic E-state index is 10.9. The van der Waals surface area contributed by atoms with E-state index in [0.717, 1.165) is 0 Å². The topological polar surface area (TPSA) is 44.1 Å². The van der Waals surface area contributed by atoms with Crippen LogP contribution in [0.2, 0.25) is 0 Å². The van der Waals surface area contributed by atoms with Gasteiger partial charge in [-0.1, -0.05) is 0 Å². The minimum Gasteiger partial charge on any atom is -0.464 e. The van der Waals surface area contributed by atoms with Gasteiger partial charge in [0.15, 0.2) is 0 Å². The van der Waals surface area contributed by atoms with Crippen molar-refractivity contribution in [3.63, 3.8) is 0 Å². The van der Waals surface area contributed by atoms with Crippen LogP contribution in [-0.4, -0.2) is 30.7 Å². The quantitative estimate of drug-likeness (QED) is 0.381. The average Bonchev–Trinajstić information content (AvgIpc) is 2.28. The van der Waals surface area contributed by atoms with E-state index in [1.807, 2.05) is 0 Å². The fraction of sp³-hybridized carbons (Fsp3) is 0.333. The minimum absolute atomic E-state index is 0.313. The van der Waals surface area contributed by atoms with Crippen LogP contribution in [0.4, 0.5) is 0 Å². The zero-order valence-electron chi connectivity index (χ0n) is 6.37. The molecule has 0 bridgehead atoms. The Bertz CT molecular complexity index is 282. The summed E-state index contributed by atoms with van der Waals surface area (Å²) in [7, 11) is 8.27. The van der Waals surface area contributed by atoms with Gasteiger partial charge in [-0.25, -0.2) is 4.79 Å². The van der Waals surface area contributed by atoms with E-state index in [1.165, 1.54) is 17.9 Å². The lowest BCUT2D eigenvalue weighted by atomic mass is 10.1. The van der Waals surface area contributed by atoms with Crippen LogP contribution in [0.3, 0.4) is 0 Å². The monoisotopic (exact) mass is 150 g/mol. The molecule has 0 aliphatic heterocycles. The summed E-state index contributed by atoms with van der Waals surface area (Å²) in [5.74, 6) is -0.434. The molecule has 0 aliphatic rings.